The van der Waals surface area contributed by atoms with Crippen molar-refractivity contribution in [2.75, 3.05) is 17.2 Å². The molecule has 3 rings (SSSR count). The number of hydrogen-bond donors (Lipinski definition) is 3. The Morgan fingerprint density at radius 2 is 2.00 bits per heavy atom. The zero-order valence-electron chi connectivity index (χ0n) is 12.7. The molecule has 0 saturated heterocycles. The van der Waals surface area contributed by atoms with Gasteiger partial charge in [-0.1, -0.05) is 23.2 Å². The first kappa shape index (κ1) is 16.3. The number of nitrogens with zero attached hydrogens (tertiary/aromatic N) is 2. The van der Waals surface area contributed by atoms with Gasteiger partial charge in [-0.2, -0.15) is 4.98 Å². The topological polar surface area (TPSA) is 70.1 Å². The summed E-state index contributed by atoms with van der Waals surface area (Å²) in [4.78, 5) is 8.99. The number of aliphatic hydroxyl groups excluding tert-OH is 1. The summed E-state index contributed by atoms with van der Waals surface area (Å²) in [5, 5.41) is 16.5. The van der Waals surface area contributed by atoms with Crippen molar-refractivity contribution < 1.29 is 5.11 Å². The van der Waals surface area contributed by atoms with Gasteiger partial charge >= 0.3 is 0 Å². The molecule has 1 aromatic heterocycles. The van der Waals surface area contributed by atoms with E-state index in [0.717, 1.165) is 24.2 Å². The molecule has 3 N–H and O–H groups in total. The number of nitrogens with one attached hydrogen (secondary N) is 2. The molecule has 1 saturated carbocycles. The van der Waals surface area contributed by atoms with Gasteiger partial charge in [0.15, 0.2) is 0 Å². The predicted molar refractivity (Wildman–Crippen MR) is 93.9 cm³/mol. The summed E-state index contributed by atoms with van der Waals surface area (Å²) >= 11 is 12.0. The Kier molecular flexibility index (Phi) is 4.90. The summed E-state index contributed by atoms with van der Waals surface area (Å²) in [5.74, 6) is 1.70. The molecule has 1 atom stereocenters. The molecule has 1 aliphatic rings. The van der Waals surface area contributed by atoms with E-state index < -0.39 is 0 Å². The molecule has 5 nitrogen and oxygen atoms in total. The number of aromatic nitrogens is 2. The van der Waals surface area contributed by atoms with Crippen LogP contribution < -0.4 is 10.6 Å². The standard InChI is InChI=1S/C16H18Cl2N4O/c1-9(8-23)19-16-21-14(10-2-3-10)7-15(22-16)20-11-4-5-12(17)13(18)6-11/h4-7,9-10,23H,2-3,8H2,1H3,(H2,19,20,21,22)/t9-/m1/s1. The SMILES string of the molecule is C[C@H](CO)Nc1nc(Nc2ccc(Cl)c(Cl)c2)cc(C2CC2)n1. The highest BCUT2D eigenvalue weighted by atomic mass is 35.5. The van der Waals surface area contributed by atoms with Crippen molar-refractivity contribution in [3.05, 3.63) is 40.0 Å². The third kappa shape index (κ3) is 4.25. The number of halogens is 2. The molecular formula is C16H18Cl2N4O. The van der Waals surface area contributed by atoms with Crippen LogP contribution in [0.5, 0.6) is 0 Å². The van der Waals surface area contributed by atoms with Crippen LogP contribution >= 0.6 is 23.2 Å². The maximum Gasteiger partial charge on any atom is 0.225 e. The van der Waals surface area contributed by atoms with Gasteiger partial charge in [-0.3, -0.25) is 0 Å². The van der Waals surface area contributed by atoms with E-state index in [1.807, 2.05) is 19.1 Å². The molecule has 1 aliphatic carbocycles. The highest BCUT2D eigenvalue weighted by Gasteiger charge is 2.26. The smallest absolute Gasteiger partial charge is 0.225 e. The Morgan fingerprint density at radius 1 is 1.22 bits per heavy atom. The molecule has 0 spiro atoms. The van der Waals surface area contributed by atoms with Crippen LogP contribution in [0.2, 0.25) is 10.0 Å². The lowest BCUT2D eigenvalue weighted by Gasteiger charge is -2.14. The van der Waals surface area contributed by atoms with Gasteiger partial charge in [0.05, 0.1) is 22.3 Å². The first-order valence-corrected chi connectivity index (χ1v) is 8.29. The highest BCUT2D eigenvalue weighted by Crippen LogP contribution is 2.40. The van der Waals surface area contributed by atoms with Gasteiger partial charge in [0.1, 0.15) is 5.82 Å². The average Bonchev–Trinajstić information content (AvgIpc) is 3.35. The van der Waals surface area contributed by atoms with Crippen molar-refractivity contribution in [2.45, 2.75) is 31.7 Å². The van der Waals surface area contributed by atoms with E-state index in [-0.39, 0.29) is 12.6 Å². The Hall–Kier alpha value is -1.56. The molecule has 0 amide bonds. The largest absolute Gasteiger partial charge is 0.394 e. The van der Waals surface area contributed by atoms with Gasteiger partial charge in [-0.15, -0.1) is 0 Å². The van der Waals surface area contributed by atoms with Crippen LogP contribution in [0.3, 0.4) is 0 Å². The second-order valence-corrected chi connectivity index (χ2v) is 6.57. The lowest BCUT2D eigenvalue weighted by atomic mass is 10.2. The molecular weight excluding hydrogens is 335 g/mol. The minimum absolute atomic E-state index is 0.0204. The molecule has 0 radical (unpaired) electrons. The maximum absolute atomic E-state index is 9.19. The molecule has 1 heterocycles. The molecule has 1 aromatic carbocycles. The van der Waals surface area contributed by atoms with Crippen molar-refractivity contribution in [3.8, 4) is 0 Å². The third-order valence-corrected chi connectivity index (χ3v) is 4.32. The van der Waals surface area contributed by atoms with E-state index in [9.17, 15) is 5.11 Å². The molecule has 0 aliphatic heterocycles. The number of anilines is 3. The molecule has 2 aromatic rings. The first-order chi connectivity index (χ1) is 11.0. The number of benzene rings is 1. The second-order valence-electron chi connectivity index (χ2n) is 5.76. The monoisotopic (exact) mass is 352 g/mol. The molecule has 23 heavy (non-hydrogen) atoms. The number of rotatable bonds is 6. The van der Waals surface area contributed by atoms with Crippen LogP contribution in [-0.4, -0.2) is 27.7 Å². The van der Waals surface area contributed by atoms with Crippen LogP contribution in [0.1, 0.15) is 31.4 Å². The molecule has 0 bridgehead atoms. The van der Waals surface area contributed by atoms with Crippen LogP contribution in [-0.2, 0) is 0 Å². The quantitative estimate of drug-likeness (QED) is 0.726. The number of aliphatic hydroxyl groups is 1. The van der Waals surface area contributed by atoms with Crippen molar-refractivity contribution in [1.29, 1.82) is 0 Å². The van der Waals surface area contributed by atoms with E-state index in [1.54, 1.807) is 12.1 Å². The maximum atomic E-state index is 9.19. The van der Waals surface area contributed by atoms with Crippen LogP contribution in [0, 0.1) is 0 Å². The van der Waals surface area contributed by atoms with Crippen molar-refractivity contribution in [1.82, 2.24) is 9.97 Å². The van der Waals surface area contributed by atoms with Crippen molar-refractivity contribution >= 4 is 40.7 Å². The molecule has 122 valence electrons. The van der Waals surface area contributed by atoms with Gasteiger partial charge in [-0.25, -0.2) is 4.98 Å². The summed E-state index contributed by atoms with van der Waals surface area (Å²) in [6.45, 7) is 1.89. The normalized spacial score (nSPS) is 15.3. The summed E-state index contributed by atoms with van der Waals surface area (Å²) in [6.07, 6.45) is 2.30. The average molecular weight is 353 g/mol. The van der Waals surface area contributed by atoms with Gasteiger partial charge in [0.2, 0.25) is 5.95 Å². The lowest BCUT2D eigenvalue weighted by Crippen LogP contribution is -2.21. The van der Waals surface area contributed by atoms with Crippen molar-refractivity contribution in [3.63, 3.8) is 0 Å². The summed E-state index contributed by atoms with van der Waals surface area (Å²) < 4.78 is 0. The Morgan fingerprint density at radius 3 is 2.65 bits per heavy atom. The van der Waals surface area contributed by atoms with Crippen LogP contribution in [0.4, 0.5) is 17.5 Å². The van der Waals surface area contributed by atoms with E-state index in [1.165, 1.54) is 0 Å². The Balaban J connectivity index is 1.86. The summed E-state index contributed by atoms with van der Waals surface area (Å²) in [7, 11) is 0. The van der Waals surface area contributed by atoms with E-state index in [2.05, 4.69) is 20.6 Å². The zero-order chi connectivity index (χ0) is 16.4. The van der Waals surface area contributed by atoms with E-state index >= 15 is 0 Å². The Labute approximate surface area is 145 Å². The fourth-order valence-corrected chi connectivity index (χ4v) is 2.47. The van der Waals surface area contributed by atoms with Crippen molar-refractivity contribution in [2.24, 2.45) is 0 Å². The van der Waals surface area contributed by atoms with E-state index in [0.29, 0.717) is 27.7 Å². The Bertz CT molecular complexity index is 706. The number of hydrogen-bond acceptors (Lipinski definition) is 5. The lowest BCUT2D eigenvalue weighted by molar-refractivity contribution is 0.281. The zero-order valence-corrected chi connectivity index (χ0v) is 14.2. The minimum atomic E-state index is -0.109. The molecule has 7 heteroatoms. The first-order valence-electron chi connectivity index (χ1n) is 7.53. The molecule has 0 unspecified atom stereocenters. The van der Waals surface area contributed by atoms with Gasteiger partial charge in [-0.05, 0) is 38.0 Å². The fourth-order valence-electron chi connectivity index (χ4n) is 2.17. The highest BCUT2D eigenvalue weighted by molar-refractivity contribution is 6.42. The molecule has 1 fully saturated rings. The van der Waals surface area contributed by atoms with E-state index in [4.69, 9.17) is 23.2 Å². The summed E-state index contributed by atoms with van der Waals surface area (Å²) in [5.41, 5.74) is 1.82. The third-order valence-electron chi connectivity index (χ3n) is 3.58. The van der Waals surface area contributed by atoms with Gasteiger partial charge in [0, 0.05) is 23.7 Å². The predicted octanol–water partition coefficient (Wildman–Crippen LogP) is 4.20. The van der Waals surface area contributed by atoms with Crippen LogP contribution in [0.25, 0.3) is 0 Å². The fraction of sp³-hybridized carbons (Fsp3) is 0.375. The second kappa shape index (κ2) is 6.91. The minimum Gasteiger partial charge on any atom is -0.394 e. The van der Waals surface area contributed by atoms with Gasteiger partial charge < -0.3 is 15.7 Å². The van der Waals surface area contributed by atoms with Crippen LogP contribution in [0.15, 0.2) is 24.3 Å². The summed E-state index contributed by atoms with van der Waals surface area (Å²) in [6, 6.07) is 7.18. The van der Waals surface area contributed by atoms with Gasteiger partial charge in [0.25, 0.3) is 0 Å².